The quantitative estimate of drug-likeness (QED) is 0.864. The van der Waals surface area contributed by atoms with E-state index in [1.165, 1.54) is 19.3 Å². The van der Waals surface area contributed by atoms with Gasteiger partial charge in [0.05, 0.1) is 17.6 Å². The first-order chi connectivity index (χ1) is 14.1. The molecule has 3 unspecified atom stereocenters. The van der Waals surface area contributed by atoms with Crippen molar-refractivity contribution < 1.29 is 4.79 Å². The third-order valence-electron chi connectivity index (χ3n) is 6.34. The Labute approximate surface area is 172 Å². The third-order valence-corrected chi connectivity index (χ3v) is 6.34. The third kappa shape index (κ3) is 4.56. The molecule has 1 aliphatic heterocycles. The van der Waals surface area contributed by atoms with Crippen LogP contribution >= 0.6 is 0 Å². The van der Waals surface area contributed by atoms with Gasteiger partial charge in [-0.05, 0) is 68.7 Å². The summed E-state index contributed by atoms with van der Waals surface area (Å²) in [5.74, 6) is 0.983. The molecule has 1 aromatic carbocycles. The van der Waals surface area contributed by atoms with Gasteiger partial charge in [-0.15, -0.1) is 0 Å². The van der Waals surface area contributed by atoms with Gasteiger partial charge in [0, 0.05) is 18.4 Å². The van der Waals surface area contributed by atoms with Crippen LogP contribution in [0.15, 0.2) is 24.5 Å². The highest BCUT2D eigenvalue weighted by atomic mass is 16.2. The Hall–Kier alpha value is -2.52. The maximum atomic E-state index is 12.6. The summed E-state index contributed by atoms with van der Waals surface area (Å²) in [6.07, 6.45) is 10.00. The van der Waals surface area contributed by atoms with Gasteiger partial charge in [-0.1, -0.05) is 19.4 Å². The number of fused-ring (bicyclic) bond motifs is 1. The van der Waals surface area contributed by atoms with Crippen LogP contribution in [-0.2, 0) is 4.79 Å². The summed E-state index contributed by atoms with van der Waals surface area (Å²) >= 11 is 0. The van der Waals surface area contributed by atoms with Gasteiger partial charge in [-0.25, -0.2) is 0 Å². The lowest BCUT2D eigenvalue weighted by molar-refractivity contribution is -0.123. The highest BCUT2D eigenvalue weighted by molar-refractivity contribution is 5.84. The minimum absolute atomic E-state index is 0.147. The van der Waals surface area contributed by atoms with E-state index in [4.69, 9.17) is 0 Å². The Morgan fingerprint density at radius 1 is 1.14 bits per heavy atom. The highest BCUT2D eigenvalue weighted by Gasteiger charge is 2.30. The predicted octanol–water partition coefficient (Wildman–Crippen LogP) is 3.38. The summed E-state index contributed by atoms with van der Waals surface area (Å²) < 4.78 is 0. The molecular weight excluding hydrogens is 362 g/mol. The first-order valence-corrected chi connectivity index (χ1v) is 10.8. The SMILES string of the molecule is CC1CC(NC(=O)CN2CCCCC2)CC(c2ccc(C#N)c3nccnc23)C1. The summed E-state index contributed by atoms with van der Waals surface area (Å²) in [4.78, 5) is 23.8. The van der Waals surface area contributed by atoms with E-state index in [9.17, 15) is 10.1 Å². The second-order valence-corrected chi connectivity index (χ2v) is 8.68. The molecule has 2 aromatic rings. The standard InChI is InChI=1S/C23H29N5O/c1-16-11-18(20-6-5-17(14-24)22-23(20)26-8-7-25-22)13-19(12-16)27-21(29)15-28-9-3-2-4-10-28/h5-8,16,18-19H,2-4,9-13,15H2,1H3,(H,27,29). The molecule has 1 saturated carbocycles. The predicted molar refractivity (Wildman–Crippen MR) is 112 cm³/mol. The fraction of sp³-hybridized carbons (Fsp3) is 0.565. The molecule has 0 radical (unpaired) electrons. The smallest absolute Gasteiger partial charge is 0.234 e. The first kappa shape index (κ1) is 19.8. The Balaban J connectivity index is 1.49. The van der Waals surface area contributed by atoms with E-state index in [1.807, 2.05) is 12.1 Å². The van der Waals surface area contributed by atoms with Crippen molar-refractivity contribution in [2.45, 2.75) is 57.4 Å². The van der Waals surface area contributed by atoms with E-state index in [0.717, 1.165) is 43.4 Å². The van der Waals surface area contributed by atoms with Crippen LogP contribution in [0, 0.1) is 17.2 Å². The number of amides is 1. The molecule has 6 nitrogen and oxygen atoms in total. The number of hydrogen-bond donors (Lipinski definition) is 1. The maximum absolute atomic E-state index is 12.6. The van der Waals surface area contributed by atoms with Crippen LogP contribution in [0.25, 0.3) is 11.0 Å². The molecule has 0 bridgehead atoms. The van der Waals surface area contributed by atoms with Crippen LogP contribution < -0.4 is 5.32 Å². The number of aromatic nitrogens is 2. The zero-order valence-electron chi connectivity index (χ0n) is 17.1. The molecule has 2 fully saturated rings. The minimum atomic E-state index is 0.147. The fourth-order valence-electron chi connectivity index (χ4n) is 5.07. The summed E-state index contributed by atoms with van der Waals surface area (Å²) in [6.45, 7) is 4.84. The molecule has 1 saturated heterocycles. The van der Waals surface area contributed by atoms with Gasteiger partial charge in [0.25, 0.3) is 0 Å². The second-order valence-electron chi connectivity index (χ2n) is 8.68. The molecule has 0 spiro atoms. The van der Waals surface area contributed by atoms with Crippen LogP contribution in [0.2, 0.25) is 0 Å². The lowest BCUT2D eigenvalue weighted by Crippen LogP contribution is -2.45. The van der Waals surface area contributed by atoms with Crippen molar-refractivity contribution in [3.63, 3.8) is 0 Å². The molecular formula is C23H29N5O. The first-order valence-electron chi connectivity index (χ1n) is 10.8. The van der Waals surface area contributed by atoms with Crippen LogP contribution in [0.4, 0.5) is 0 Å². The second kappa shape index (κ2) is 8.87. The number of likely N-dealkylation sites (tertiary alicyclic amines) is 1. The minimum Gasteiger partial charge on any atom is -0.352 e. The monoisotopic (exact) mass is 391 g/mol. The number of rotatable bonds is 4. The van der Waals surface area contributed by atoms with Gasteiger partial charge in [-0.2, -0.15) is 5.26 Å². The van der Waals surface area contributed by atoms with Crippen molar-refractivity contribution in [1.29, 1.82) is 5.26 Å². The van der Waals surface area contributed by atoms with Crippen LogP contribution in [0.1, 0.15) is 62.5 Å². The van der Waals surface area contributed by atoms with Crippen molar-refractivity contribution in [2.75, 3.05) is 19.6 Å². The number of nitrogens with zero attached hydrogens (tertiary/aromatic N) is 4. The molecule has 29 heavy (non-hydrogen) atoms. The zero-order chi connectivity index (χ0) is 20.2. The lowest BCUT2D eigenvalue weighted by atomic mass is 9.75. The Morgan fingerprint density at radius 2 is 1.90 bits per heavy atom. The fourth-order valence-corrected chi connectivity index (χ4v) is 5.07. The van der Waals surface area contributed by atoms with E-state index in [1.54, 1.807) is 12.4 Å². The average Bonchev–Trinajstić information content (AvgIpc) is 2.73. The van der Waals surface area contributed by atoms with Crippen LogP contribution in [0.3, 0.4) is 0 Å². The zero-order valence-corrected chi connectivity index (χ0v) is 17.1. The molecule has 6 heteroatoms. The number of hydrogen-bond acceptors (Lipinski definition) is 5. The molecule has 1 amide bonds. The number of nitrogens with one attached hydrogen (secondary N) is 1. The van der Waals surface area contributed by atoms with Crippen molar-refractivity contribution >= 4 is 16.9 Å². The lowest BCUT2D eigenvalue weighted by Gasteiger charge is -2.35. The summed E-state index contributed by atoms with van der Waals surface area (Å²) in [7, 11) is 0. The van der Waals surface area contributed by atoms with E-state index in [0.29, 0.717) is 29.5 Å². The van der Waals surface area contributed by atoms with Crippen molar-refractivity contribution in [1.82, 2.24) is 20.2 Å². The average molecular weight is 392 g/mol. The van der Waals surface area contributed by atoms with Crippen molar-refractivity contribution in [3.05, 3.63) is 35.7 Å². The van der Waals surface area contributed by atoms with Crippen molar-refractivity contribution in [2.24, 2.45) is 5.92 Å². The Kier molecular flexibility index (Phi) is 6.05. The van der Waals surface area contributed by atoms with Gasteiger partial charge >= 0.3 is 0 Å². The topological polar surface area (TPSA) is 81.9 Å². The number of nitriles is 1. The van der Waals surface area contributed by atoms with Gasteiger partial charge in [0.1, 0.15) is 11.6 Å². The maximum Gasteiger partial charge on any atom is 0.234 e. The number of carbonyl (C=O) groups is 1. The van der Waals surface area contributed by atoms with Crippen molar-refractivity contribution in [3.8, 4) is 6.07 Å². The molecule has 2 heterocycles. The van der Waals surface area contributed by atoms with E-state index < -0.39 is 0 Å². The van der Waals surface area contributed by atoms with Gasteiger partial charge < -0.3 is 5.32 Å². The number of carbonyl (C=O) groups excluding carboxylic acids is 1. The number of benzene rings is 1. The van der Waals surface area contributed by atoms with Gasteiger partial charge in [0.2, 0.25) is 5.91 Å². The molecule has 3 atom stereocenters. The normalized spacial score (nSPS) is 25.4. The van der Waals surface area contributed by atoms with Gasteiger partial charge in [-0.3, -0.25) is 19.7 Å². The van der Waals surface area contributed by atoms with E-state index in [2.05, 4.69) is 33.2 Å². The summed E-state index contributed by atoms with van der Waals surface area (Å²) in [6, 6.07) is 6.29. The van der Waals surface area contributed by atoms with Crippen LogP contribution in [-0.4, -0.2) is 46.5 Å². The summed E-state index contributed by atoms with van der Waals surface area (Å²) in [5.41, 5.74) is 3.21. The van der Waals surface area contributed by atoms with Gasteiger partial charge in [0.15, 0.2) is 0 Å². The highest BCUT2D eigenvalue weighted by Crippen LogP contribution is 2.38. The number of piperidine rings is 1. The molecule has 2 aliphatic rings. The molecule has 1 N–H and O–H groups in total. The largest absolute Gasteiger partial charge is 0.352 e. The van der Waals surface area contributed by atoms with E-state index >= 15 is 0 Å². The molecule has 152 valence electrons. The summed E-state index contributed by atoms with van der Waals surface area (Å²) in [5, 5.41) is 12.7. The Bertz CT molecular complexity index is 915. The molecule has 1 aromatic heterocycles. The van der Waals surface area contributed by atoms with Crippen LogP contribution in [0.5, 0.6) is 0 Å². The van der Waals surface area contributed by atoms with E-state index in [-0.39, 0.29) is 11.9 Å². The molecule has 1 aliphatic carbocycles. The molecule has 4 rings (SSSR count). The Morgan fingerprint density at radius 3 is 2.66 bits per heavy atom.